The van der Waals surface area contributed by atoms with Gasteiger partial charge in [-0.3, -0.25) is 9.69 Å². The van der Waals surface area contributed by atoms with E-state index in [9.17, 15) is 18.8 Å². The minimum absolute atomic E-state index is 0.0144. The van der Waals surface area contributed by atoms with Crippen molar-refractivity contribution >= 4 is 18.0 Å². The molecule has 3 fully saturated rings. The normalized spacial score (nSPS) is 29.2. The van der Waals surface area contributed by atoms with Crippen LogP contribution in [0.5, 0.6) is 0 Å². The standard InChI is InChI=1S/C38H43FN6O5/c1-3-20-49-37(48)40-19-9-13-31-38-32-14-8-7-12-28(21-33(38)50-32)30(27-10-5-4-6-11-27)23-43(38)24-34-44(31)35(46)25-42(2)45(34)36(47)41-22-26-15-17-29(39)18-16-26/h3-8,10-12,14-18,21,30-34H,1,9,13,19-20,22-25H2,2H3,(H,40,48)(H,41,47)/b12-7?,14-8-/t30?,31-,32?,33?,34-,38?/m0/s1. The molecule has 0 aromatic heterocycles. The number of allylic oxidation sites excluding steroid dienone is 3. The summed E-state index contributed by atoms with van der Waals surface area (Å²) in [7, 11) is 1.75. The number of amides is 4. The quantitative estimate of drug-likeness (QED) is 0.303. The van der Waals surface area contributed by atoms with Crippen molar-refractivity contribution in [3.8, 4) is 0 Å². The SMILES string of the molecule is C=CCOC(=O)NCCC[C@@H]1N2C(=O)CN(C)N(C(=O)NCc3ccc(F)cc3)[C@H]2CN2CC(c3ccccc3)C3=CC4OC(/C=C\C=C3)C412. The molecule has 2 N–H and O–H groups in total. The molecule has 4 unspecified atom stereocenters. The van der Waals surface area contributed by atoms with Crippen LogP contribution in [0, 0.1) is 5.82 Å². The van der Waals surface area contributed by atoms with Crippen molar-refractivity contribution in [2.24, 2.45) is 0 Å². The second kappa shape index (κ2) is 14.2. The number of nitrogens with one attached hydrogen (secondary N) is 2. The predicted octanol–water partition coefficient (Wildman–Crippen LogP) is 4.09. The number of urea groups is 1. The van der Waals surface area contributed by atoms with Gasteiger partial charge in [-0.15, -0.1) is 0 Å². The average Bonchev–Trinajstić information content (AvgIpc) is 3.19. The molecule has 12 heteroatoms. The maximum Gasteiger partial charge on any atom is 0.407 e. The summed E-state index contributed by atoms with van der Waals surface area (Å²) < 4.78 is 25.3. The van der Waals surface area contributed by atoms with Crippen LogP contribution < -0.4 is 10.6 Å². The summed E-state index contributed by atoms with van der Waals surface area (Å²) in [6.07, 6.45) is 11.4. The highest BCUT2D eigenvalue weighted by Crippen LogP contribution is 2.53. The molecule has 0 aliphatic carbocycles. The summed E-state index contributed by atoms with van der Waals surface area (Å²) in [5, 5.41) is 9.16. The molecule has 262 valence electrons. The number of piperazine rings is 1. The molecular formula is C38H43FN6O5. The number of rotatable bonds is 9. The van der Waals surface area contributed by atoms with Crippen molar-refractivity contribution in [3.63, 3.8) is 0 Å². The summed E-state index contributed by atoms with van der Waals surface area (Å²) in [4.78, 5) is 44.9. The van der Waals surface area contributed by atoms with Gasteiger partial charge in [0.25, 0.3) is 0 Å². The van der Waals surface area contributed by atoms with Crippen molar-refractivity contribution in [2.75, 3.05) is 39.8 Å². The number of hydrogen-bond acceptors (Lipinski definition) is 7. The number of hydrazine groups is 1. The van der Waals surface area contributed by atoms with Crippen molar-refractivity contribution in [1.82, 2.24) is 30.5 Å². The monoisotopic (exact) mass is 682 g/mol. The second-order valence-electron chi connectivity index (χ2n) is 13.3. The smallest absolute Gasteiger partial charge is 0.407 e. The number of halogens is 1. The van der Waals surface area contributed by atoms with Gasteiger partial charge in [0.2, 0.25) is 5.91 Å². The maximum absolute atomic E-state index is 14.2. The van der Waals surface area contributed by atoms with Crippen molar-refractivity contribution in [2.45, 2.75) is 55.3 Å². The van der Waals surface area contributed by atoms with Crippen LogP contribution in [0.3, 0.4) is 0 Å². The molecule has 5 aliphatic rings. The minimum atomic E-state index is -0.613. The zero-order chi connectivity index (χ0) is 34.8. The van der Waals surface area contributed by atoms with Crippen molar-refractivity contribution in [3.05, 3.63) is 120 Å². The van der Waals surface area contributed by atoms with Crippen LogP contribution in [0.25, 0.3) is 0 Å². The maximum atomic E-state index is 14.2. The van der Waals surface area contributed by atoms with Crippen LogP contribution in [-0.2, 0) is 20.8 Å². The third-order valence-electron chi connectivity index (χ3n) is 10.5. The predicted molar refractivity (Wildman–Crippen MR) is 185 cm³/mol. The Morgan fingerprint density at radius 1 is 1.08 bits per heavy atom. The van der Waals surface area contributed by atoms with Crippen molar-refractivity contribution < 1.29 is 28.2 Å². The number of carbonyl (C=O) groups is 3. The lowest BCUT2D eigenvalue weighted by Gasteiger charge is -2.69. The third-order valence-corrected chi connectivity index (χ3v) is 10.5. The molecule has 1 spiro atoms. The Bertz CT molecular complexity index is 1700. The Labute approximate surface area is 291 Å². The molecule has 3 bridgehead atoms. The Morgan fingerprint density at radius 3 is 2.66 bits per heavy atom. The topological polar surface area (TPSA) is 107 Å². The van der Waals surface area contributed by atoms with E-state index < -0.39 is 17.8 Å². The number of carbonyl (C=O) groups excluding carboxylic acids is 3. The summed E-state index contributed by atoms with van der Waals surface area (Å²) in [5.41, 5.74) is 2.46. The van der Waals surface area contributed by atoms with Gasteiger partial charge < -0.3 is 25.0 Å². The fraction of sp³-hybridized carbons (Fsp3) is 0.395. The van der Waals surface area contributed by atoms with Gasteiger partial charge >= 0.3 is 12.1 Å². The number of hydrogen-bond donors (Lipinski definition) is 2. The van der Waals surface area contributed by atoms with Crippen LogP contribution in [0.4, 0.5) is 14.0 Å². The van der Waals surface area contributed by atoms with E-state index in [1.807, 2.05) is 29.2 Å². The number of likely N-dealkylation sites (N-methyl/N-ethyl adjacent to an activating group) is 1. The summed E-state index contributed by atoms with van der Waals surface area (Å²) in [5.74, 6) is -0.398. The number of benzene rings is 2. The first-order chi connectivity index (χ1) is 24.3. The highest BCUT2D eigenvalue weighted by Gasteiger charge is 2.69. The van der Waals surface area contributed by atoms with Gasteiger partial charge in [-0.1, -0.05) is 79.4 Å². The van der Waals surface area contributed by atoms with E-state index in [0.717, 1.165) is 11.1 Å². The van der Waals surface area contributed by atoms with Gasteiger partial charge in [0.1, 0.15) is 36.3 Å². The van der Waals surface area contributed by atoms with E-state index in [4.69, 9.17) is 9.47 Å². The fourth-order valence-electron chi connectivity index (χ4n) is 8.31. The van der Waals surface area contributed by atoms with Gasteiger partial charge in [0.05, 0.1) is 12.6 Å². The minimum Gasteiger partial charge on any atom is -0.445 e. The van der Waals surface area contributed by atoms with E-state index in [-0.39, 0.29) is 61.6 Å². The third kappa shape index (κ3) is 6.12. The van der Waals surface area contributed by atoms with Gasteiger partial charge in [0.15, 0.2) is 0 Å². The molecule has 6 atom stereocenters. The fourth-order valence-corrected chi connectivity index (χ4v) is 8.31. The molecule has 7 rings (SSSR count). The van der Waals surface area contributed by atoms with Crippen LogP contribution >= 0.6 is 0 Å². The lowest BCUT2D eigenvalue weighted by Crippen LogP contribution is -2.88. The molecule has 2 aromatic rings. The molecule has 3 saturated heterocycles. The first-order valence-corrected chi connectivity index (χ1v) is 17.2. The molecule has 0 radical (unpaired) electrons. The first kappa shape index (κ1) is 33.7. The van der Waals surface area contributed by atoms with E-state index in [1.165, 1.54) is 23.8 Å². The Balaban J connectivity index is 1.25. The molecule has 5 heterocycles. The summed E-state index contributed by atoms with van der Waals surface area (Å²) in [6.45, 7) is 5.32. The zero-order valence-electron chi connectivity index (χ0n) is 28.1. The molecule has 11 nitrogen and oxygen atoms in total. The highest BCUT2D eigenvalue weighted by atomic mass is 19.1. The molecule has 4 amide bonds. The lowest BCUT2D eigenvalue weighted by molar-refractivity contribution is -0.285. The second-order valence-corrected chi connectivity index (χ2v) is 13.3. The molecule has 2 aromatic carbocycles. The first-order valence-electron chi connectivity index (χ1n) is 17.2. The Hall–Kier alpha value is -4.78. The molecule has 0 saturated carbocycles. The highest BCUT2D eigenvalue weighted by molar-refractivity contribution is 5.83. The van der Waals surface area contributed by atoms with Crippen LogP contribution in [0.1, 0.15) is 29.9 Å². The van der Waals surface area contributed by atoms with E-state index in [1.54, 1.807) is 29.2 Å². The largest absolute Gasteiger partial charge is 0.445 e. The van der Waals surface area contributed by atoms with Crippen LogP contribution in [0.15, 0.2) is 103 Å². The number of fused-ring (bicyclic) bond motifs is 2. The van der Waals surface area contributed by atoms with Crippen LogP contribution in [0.2, 0.25) is 0 Å². The van der Waals surface area contributed by atoms with E-state index in [0.29, 0.717) is 32.5 Å². The molecular weight excluding hydrogens is 639 g/mol. The molecule has 50 heavy (non-hydrogen) atoms. The van der Waals surface area contributed by atoms with E-state index in [2.05, 4.69) is 58.5 Å². The average molecular weight is 683 g/mol. The summed E-state index contributed by atoms with van der Waals surface area (Å²) in [6, 6.07) is 15.7. The summed E-state index contributed by atoms with van der Waals surface area (Å²) >= 11 is 0. The number of nitrogens with zero attached hydrogens (tertiary/aromatic N) is 4. The number of alkyl carbamates (subject to hydrolysis) is 1. The zero-order valence-corrected chi connectivity index (χ0v) is 28.1. The van der Waals surface area contributed by atoms with Crippen LogP contribution in [-0.4, -0.2) is 108 Å². The van der Waals surface area contributed by atoms with Gasteiger partial charge in [0, 0.05) is 39.1 Å². The van der Waals surface area contributed by atoms with Gasteiger partial charge in [-0.25, -0.2) is 24.0 Å². The van der Waals surface area contributed by atoms with Gasteiger partial charge in [-0.05, 0) is 47.8 Å². The van der Waals surface area contributed by atoms with E-state index >= 15 is 0 Å². The Kier molecular flexibility index (Phi) is 9.58. The number of ether oxygens (including phenoxy) is 2. The van der Waals surface area contributed by atoms with Gasteiger partial charge in [-0.2, -0.15) is 0 Å². The van der Waals surface area contributed by atoms with Crippen molar-refractivity contribution in [1.29, 1.82) is 0 Å². The Morgan fingerprint density at radius 2 is 1.88 bits per heavy atom. The molecule has 5 aliphatic heterocycles. The lowest BCUT2D eigenvalue weighted by atomic mass is 9.68.